The SMILES string of the molecule is COC(=O)Nc1cccc(Nc2ncc(C(N)=O)c(NCc3cccc(F)c3)n2)c1.[C-]#[N+]C1(C(=O)Nc2cccc(Nc3ncc(C(N)=O)c(NCc4cccc(F)c4)n3)c2)CC1. The average Bonchev–Trinajstić information content (AvgIpc) is 4.07. The highest BCUT2D eigenvalue weighted by Crippen LogP contribution is 2.41. The van der Waals surface area contributed by atoms with Gasteiger partial charge >= 0.3 is 17.5 Å². The summed E-state index contributed by atoms with van der Waals surface area (Å²) in [6.07, 6.45) is 3.11. The molecule has 18 nitrogen and oxygen atoms in total. The van der Waals surface area contributed by atoms with Crippen molar-refractivity contribution in [3.63, 3.8) is 0 Å². The molecule has 6 aromatic rings. The van der Waals surface area contributed by atoms with Gasteiger partial charge in [-0.05, 0) is 71.8 Å². The normalized spacial score (nSPS) is 11.9. The monoisotopic (exact) mass is 855 g/mol. The van der Waals surface area contributed by atoms with E-state index in [2.05, 4.69) is 61.4 Å². The number of hydrogen-bond donors (Lipinski definition) is 8. The number of ether oxygens (including phenoxy) is 1. The van der Waals surface area contributed by atoms with Crippen molar-refractivity contribution in [2.24, 2.45) is 11.5 Å². The molecule has 2 heterocycles. The van der Waals surface area contributed by atoms with Gasteiger partial charge in [-0.2, -0.15) is 9.97 Å². The van der Waals surface area contributed by atoms with Gasteiger partial charge in [-0.15, -0.1) is 0 Å². The Morgan fingerprint density at radius 2 is 1.13 bits per heavy atom. The van der Waals surface area contributed by atoms with Crippen LogP contribution in [-0.2, 0) is 22.6 Å². The number of halogens is 2. The van der Waals surface area contributed by atoms with Gasteiger partial charge in [-0.1, -0.05) is 36.4 Å². The van der Waals surface area contributed by atoms with Crippen molar-refractivity contribution in [1.82, 2.24) is 19.9 Å². The number of primary amides is 2. The number of benzene rings is 4. The number of hydrogen-bond acceptors (Lipinski definition) is 13. The van der Waals surface area contributed by atoms with Crippen molar-refractivity contribution in [3.05, 3.63) is 155 Å². The molecule has 0 spiro atoms. The van der Waals surface area contributed by atoms with E-state index in [1.54, 1.807) is 72.8 Å². The number of anilines is 8. The molecule has 4 amide bonds. The Labute approximate surface area is 358 Å². The van der Waals surface area contributed by atoms with Gasteiger partial charge in [0.15, 0.2) is 0 Å². The summed E-state index contributed by atoms with van der Waals surface area (Å²) in [5.74, 6) is -1.69. The minimum atomic E-state index is -0.945. The fourth-order valence-corrected chi connectivity index (χ4v) is 5.71. The van der Waals surface area contributed by atoms with Gasteiger partial charge in [0.05, 0.1) is 18.2 Å². The molecule has 0 aliphatic heterocycles. The summed E-state index contributed by atoms with van der Waals surface area (Å²) in [5.41, 5.74) is 13.6. The fraction of sp³-hybridized carbons (Fsp3) is 0.140. The molecule has 0 radical (unpaired) electrons. The van der Waals surface area contributed by atoms with E-state index in [1.165, 1.54) is 43.8 Å². The van der Waals surface area contributed by atoms with Gasteiger partial charge < -0.3 is 42.8 Å². The molecule has 0 atom stereocenters. The average molecular weight is 856 g/mol. The zero-order valence-electron chi connectivity index (χ0n) is 33.4. The lowest BCUT2D eigenvalue weighted by Crippen LogP contribution is -2.26. The molecule has 2 aromatic heterocycles. The van der Waals surface area contributed by atoms with Crippen LogP contribution in [-0.4, -0.2) is 56.4 Å². The third-order valence-corrected chi connectivity index (χ3v) is 9.09. The predicted molar refractivity (Wildman–Crippen MR) is 231 cm³/mol. The fourth-order valence-electron chi connectivity index (χ4n) is 5.71. The maximum absolute atomic E-state index is 13.4. The van der Waals surface area contributed by atoms with Gasteiger partial charge in [0.1, 0.15) is 23.3 Å². The first-order valence-electron chi connectivity index (χ1n) is 18.9. The number of nitrogens with zero attached hydrogens (tertiary/aromatic N) is 5. The second-order valence-electron chi connectivity index (χ2n) is 13.7. The number of nitrogens with one attached hydrogen (secondary N) is 6. The first-order chi connectivity index (χ1) is 30.3. The Bertz CT molecular complexity index is 2710. The van der Waals surface area contributed by atoms with Gasteiger partial charge in [0.25, 0.3) is 11.8 Å². The Morgan fingerprint density at radius 3 is 1.54 bits per heavy atom. The minimum absolute atomic E-state index is 0.0897. The summed E-state index contributed by atoms with van der Waals surface area (Å²) in [5, 5.41) is 17.3. The molecular formula is C43H39F2N13O5. The Kier molecular flexibility index (Phi) is 13.9. The van der Waals surface area contributed by atoms with Crippen LogP contribution in [0, 0.1) is 18.2 Å². The van der Waals surface area contributed by atoms with E-state index in [1.807, 2.05) is 0 Å². The molecule has 7 rings (SSSR count). The minimum Gasteiger partial charge on any atom is -0.453 e. The van der Waals surface area contributed by atoms with Crippen molar-refractivity contribution in [2.75, 3.05) is 39.0 Å². The molecule has 10 N–H and O–H groups in total. The quantitative estimate of drug-likeness (QED) is 0.0501. The lowest BCUT2D eigenvalue weighted by Gasteiger charge is -2.12. The summed E-state index contributed by atoms with van der Waals surface area (Å²) >= 11 is 0. The van der Waals surface area contributed by atoms with Crippen molar-refractivity contribution in [2.45, 2.75) is 31.5 Å². The van der Waals surface area contributed by atoms with E-state index >= 15 is 0 Å². The molecule has 0 saturated heterocycles. The highest BCUT2D eigenvalue weighted by molar-refractivity contribution is 6.02. The molecule has 1 saturated carbocycles. The summed E-state index contributed by atoms with van der Waals surface area (Å²) in [6, 6.07) is 25.8. The molecular weight excluding hydrogens is 817 g/mol. The zero-order valence-corrected chi connectivity index (χ0v) is 33.4. The third kappa shape index (κ3) is 12.2. The lowest BCUT2D eigenvalue weighted by atomic mass is 10.2. The zero-order chi connectivity index (χ0) is 44.9. The van der Waals surface area contributed by atoms with Crippen LogP contribution in [0.4, 0.5) is 59.9 Å². The Morgan fingerprint density at radius 1 is 0.683 bits per heavy atom. The van der Waals surface area contributed by atoms with Gasteiger partial charge in [0, 0.05) is 61.1 Å². The van der Waals surface area contributed by atoms with Crippen LogP contribution in [0.1, 0.15) is 44.7 Å². The molecule has 320 valence electrons. The van der Waals surface area contributed by atoms with Crippen molar-refractivity contribution >= 4 is 70.1 Å². The van der Waals surface area contributed by atoms with Crippen LogP contribution < -0.4 is 43.4 Å². The maximum atomic E-state index is 13.4. The number of rotatable bonds is 15. The van der Waals surface area contributed by atoms with Crippen molar-refractivity contribution < 1.29 is 32.7 Å². The maximum Gasteiger partial charge on any atom is 0.411 e. The third-order valence-electron chi connectivity index (χ3n) is 9.09. The highest BCUT2D eigenvalue weighted by atomic mass is 19.1. The number of amides is 4. The number of carbonyl (C=O) groups is 4. The van der Waals surface area contributed by atoms with Crippen molar-refractivity contribution in [3.8, 4) is 0 Å². The van der Waals surface area contributed by atoms with E-state index in [0.717, 1.165) is 0 Å². The summed E-state index contributed by atoms with van der Waals surface area (Å²) < 4.78 is 31.4. The molecule has 4 aromatic carbocycles. The van der Waals surface area contributed by atoms with E-state index < -0.39 is 23.4 Å². The largest absolute Gasteiger partial charge is 0.453 e. The van der Waals surface area contributed by atoms with E-state index in [9.17, 15) is 28.0 Å². The molecule has 20 heteroatoms. The van der Waals surface area contributed by atoms with Gasteiger partial charge in [0.2, 0.25) is 11.9 Å². The van der Waals surface area contributed by atoms with Crippen LogP contribution in [0.3, 0.4) is 0 Å². The molecule has 1 fully saturated rings. The first-order valence-corrected chi connectivity index (χ1v) is 18.9. The predicted octanol–water partition coefficient (Wildman–Crippen LogP) is 6.71. The van der Waals surface area contributed by atoms with Crippen LogP contribution in [0.15, 0.2) is 109 Å². The molecule has 63 heavy (non-hydrogen) atoms. The molecule has 0 bridgehead atoms. The van der Waals surface area contributed by atoms with Gasteiger partial charge in [-0.25, -0.2) is 30.1 Å². The standard InChI is InChI=1S/C23H20FN7O2.C20H19FN6O3/c1-26-23(8-9-23)21(33)29-16-6-3-7-17(11-16)30-22-28-13-18(19(25)32)20(31-22)27-12-14-4-2-5-15(24)10-14;1-30-20(29)26-15-7-3-6-14(9-15)25-19-24-11-16(17(22)28)18(27-19)23-10-12-4-2-5-13(21)8-12/h2-7,10-11,13H,8-9,12H2,(H2,25,32)(H,29,33)(H2,27,28,30,31);2-9,11H,10H2,1H3,(H2,22,28)(H,26,29)(H2,23,24,25,27). The Hall–Kier alpha value is -8.73. The molecule has 1 aliphatic carbocycles. The van der Waals surface area contributed by atoms with Crippen LogP contribution >= 0.6 is 0 Å². The molecule has 0 unspecified atom stereocenters. The van der Waals surface area contributed by atoms with Crippen molar-refractivity contribution in [1.29, 1.82) is 0 Å². The van der Waals surface area contributed by atoms with Crippen LogP contribution in [0.2, 0.25) is 0 Å². The highest BCUT2D eigenvalue weighted by Gasteiger charge is 2.58. The number of nitrogens with two attached hydrogens (primary N) is 2. The van der Waals surface area contributed by atoms with E-state index in [4.69, 9.17) is 18.0 Å². The number of aromatic nitrogens is 4. The van der Waals surface area contributed by atoms with Crippen LogP contribution in [0.25, 0.3) is 4.85 Å². The second kappa shape index (κ2) is 20.0. The van der Waals surface area contributed by atoms with E-state index in [0.29, 0.717) is 46.7 Å². The second-order valence-corrected chi connectivity index (χ2v) is 13.7. The smallest absolute Gasteiger partial charge is 0.411 e. The molecule has 1 aliphatic rings. The topological polar surface area (TPSA) is 258 Å². The summed E-state index contributed by atoms with van der Waals surface area (Å²) in [6.45, 7) is 7.65. The van der Waals surface area contributed by atoms with E-state index in [-0.39, 0.29) is 65.3 Å². The number of methoxy groups -OCH3 is 1. The number of carbonyl (C=O) groups excluding carboxylic acids is 4. The van der Waals surface area contributed by atoms with Gasteiger partial charge in [-0.3, -0.25) is 24.5 Å². The summed E-state index contributed by atoms with van der Waals surface area (Å²) in [7, 11) is 1.27. The Balaban J connectivity index is 0.000000211. The summed E-state index contributed by atoms with van der Waals surface area (Å²) in [4.78, 5) is 67.4. The van der Waals surface area contributed by atoms with Crippen LogP contribution in [0.5, 0.6) is 0 Å². The first kappa shape index (κ1) is 43.8. The lowest BCUT2D eigenvalue weighted by molar-refractivity contribution is -0.117.